The van der Waals surface area contributed by atoms with Crippen molar-refractivity contribution < 1.29 is 0 Å². The van der Waals surface area contributed by atoms with Crippen LogP contribution in [-0.4, -0.2) is 24.9 Å². The van der Waals surface area contributed by atoms with Gasteiger partial charge in [-0.3, -0.25) is 15.0 Å². The van der Waals surface area contributed by atoms with Gasteiger partial charge in [0.1, 0.15) is 6.33 Å². The topological polar surface area (TPSA) is 64.5 Å². The highest BCUT2D eigenvalue weighted by Crippen LogP contribution is 2.07. The summed E-state index contributed by atoms with van der Waals surface area (Å²) >= 11 is 0. The molecule has 2 aromatic carbocycles. The van der Waals surface area contributed by atoms with Gasteiger partial charge in [-0.15, -0.1) is 0 Å². The van der Waals surface area contributed by atoms with E-state index in [-0.39, 0.29) is 22.3 Å². The van der Waals surface area contributed by atoms with Gasteiger partial charge in [-0.25, -0.2) is 9.97 Å². The molecule has 0 radical (unpaired) electrons. The number of hydrogen-bond acceptors (Lipinski definition) is 5. The van der Waals surface area contributed by atoms with Gasteiger partial charge in [-0.05, 0) is 72.1 Å². The second kappa shape index (κ2) is 55.6. The summed E-state index contributed by atoms with van der Waals surface area (Å²) in [6.45, 7) is 32.5. The lowest BCUT2D eigenvalue weighted by Crippen LogP contribution is -1.73. The minimum Gasteiger partial charge on any atom is -0.265 e. The predicted octanol–water partition coefficient (Wildman–Crippen LogP) is 16.8. The van der Waals surface area contributed by atoms with Crippen molar-refractivity contribution in [2.75, 3.05) is 0 Å². The average Bonchev–Trinajstić information content (AvgIpc) is 3.15. The van der Waals surface area contributed by atoms with Gasteiger partial charge in [0.15, 0.2) is 0 Å². The van der Waals surface area contributed by atoms with Gasteiger partial charge in [0.05, 0.1) is 5.52 Å². The summed E-state index contributed by atoms with van der Waals surface area (Å²) in [5.74, 6) is 4.17. The Morgan fingerprint density at radius 2 is 0.544 bits per heavy atom. The number of benzene rings is 2. The van der Waals surface area contributed by atoms with E-state index in [2.05, 4.69) is 141 Å². The molecule has 5 nitrogen and oxygen atoms in total. The Balaban J connectivity index is -0.0000000988. The molecule has 0 aliphatic rings. The van der Waals surface area contributed by atoms with Gasteiger partial charge in [-0.2, -0.15) is 0 Å². The summed E-state index contributed by atoms with van der Waals surface area (Å²) in [5, 5.41) is 1.20. The number of para-hydroxylation sites is 1. The number of rotatable bonds is 0. The highest BCUT2D eigenvalue weighted by Gasteiger charge is 1.86. The average molecular weight is 784 g/mol. The van der Waals surface area contributed by atoms with Crippen molar-refractivity contribution in [1.82, 2.24) is 24.9 Å². The second-order valence-electron chi connectivity index (χ2n) is 15.0. The SMILES string of the molecule is C.C.C.CC(C)C.CC(C)C.CC(C)C.CC(C)C.CC(C)C.c1ccc2ncccc2c1.c1ccccc1.c1ccncc1.c1ccncc1.c1cncnc1. The summed E-state index contributed by atoms with van der Waals surface area (Å²) in [4.78, 5) is 19.1. The van der Waals surface area contributed by atoms with Gasteiger partial charge in [0.25, 0.3) is 0 Å². The number of pyridine rings is 3. The fourth-order valence-corrected chi connectivity index (χ4v) is 2.28. The van der Waals surface area contributed by atoms with E-state index in [1.54, 1.807) is 43.2 Å². The third-order valence-electron chi connectivity index (χ3n) is 3.79. The largest absolute Gasteiger partial charge is 0.265 e. The standard InChI is InChI=1S/C9H7N.C6H6.2C5H5N.C4H4N2.5C4H10.3CH4/c1-2-6-9-8(4-1)5-3-7-10-9;3*1-2-4-6-5-3-1;1-2-5-4-6-3-1;5*1-4(2)3;;;/h1-7H;1-6H;2*1-5H;1-4H;5*4H,1-3H3;3*1H4. The predicted molar refractivity (Wildman–Crippen MR) is 261 cm³/mol. The molecule has 5 heteroatoms. The molecule has 0 bridgehead atoms. The summed E-state index contributed by atoms with van der Waals surface area (Å²) in [7, 11) is 0. The van der Waals surface area contributed by atoms with Crippen molar-refractivity contribution in [3.05, 3.63) is 165 Å². The molecule has 0 N–H and O–H groups in total. The molecule has 57 heavy (non-hydrogen) atoms. The normalized spacial score (nSPS) is 8.28. The zero-order valence-electron chi connectivity index (χ0n) is 36.7. The molecule has 322 valence electrons. The molecule has 0 fully saturated rings. The van der Waals surface area contributed by atoms with Gasteiger partial charge in [0, 0.05) is 48.8 Å². The van der Waals surface area contributed by atoms with Gasteiger partial charge < -0.3 is 0 Å². The lowest BCUT2D eigenvalue weighted by atomic mass is 10.2. The molecular formula is C52H89N5. The molecule has 6 aromatic rings. The van der Waals surface area contributed by atoms with Crippen LogP contribution in [0, 0.1) is 29.6 Å². The van der Waals surface area contributed by atoms with Gasteiger partial charge >= 0.3 is 0 Å². The van der Waals surface area contributed by atoms with E-state index >= 15 is 0 Å². The lowest BCUT2D eigenvalue weighted by Gasteiger charge is -1.91. The number of fused-ring (bicyclic) bond motifs is 1. The van der Waals surface area contributed by atoms with Crippen LogP contribution < -0.4 is 0 Å². The molecule has 0 aliphatic heterocycles. The van der Waals surface area contributed by atoms with Crippen LogP contribution in [-0.2, 0) is 0 Å². The summed E-state index contributed by atoms with van der Waals surface area (Å²) < 4.78 is 0. The Bertz CT molecular complexity index is 1080. The molecule has 0 atom stereocenters. The molecule has 4 aromatic heterocycles. The van der Waals surface area contributed by atoms with Crippen LogP contribution in [0.5, 0.6) is 0 Å². The van der Waals surface area contributed by atoms with E-state index < -0.39 is 0 Å². The summed E-state index contributed by atoms with van der Waals surface area (Å²) in [6, 6.07) is 37.3. The monoisotopic (exact) mass is 784 g/mol. The Morgan fingerprint density at radius 1 is 0.281 bits per heavy atom. The van der Waals surface area contributed by atoms with Gasteiger partial charge in [0.2, 0.25) is 0 Å². The maximum absolute atomic E-state index is 4.18. The smallest absolute Gasteiger partial charge is 0.115 e. The Hall–Kier alpha value is -4.77. The van der Waals surface area contributed by atoms with Crippen LogP contribution in [0.2, 0.25) is 0 Å². The van der Waals surface area contributed by atoms with Crippen LogP contribution in [0.25, 0.3) is 10.9 Å². The van der Waals surface area contributed by atoms with Crippen LogP contribution in [0.1, 0.15) is 126 Å². The minimum absolute atomic E-state index is 0. The van der Waals surface area contributed by atoms with E-state index in [4.69, 9.17) is 0 Å². The lowest BCUT2D eigenvalue weighted by molar-refractivity contribution is 0.736. The molecule has 0 aliphatic carbocycles. The van der Waals surface area contributed by atoms with E-state index in [1.807, 2.05) is 103 Å². The molecule has 4 heterocycles. The molecule has 0 amide bonds. The van der Waals surface area contributed by atoms with E-state index in [0.29, 0.717) is 0 Å². The van der Waals surface area contributed by atoms with Crippen LogP contribution in [0.4, 0.5) is 0 Å². The first-order valence-electron chi connectivity index (χ1n) is 19.3. The maximum Gasteiger partial charge on any atom is 0.115 e. The summed E-state index contributed by atoms with van der Waals surface area (Å²) in [5.41, 5.74) is 1.06. The van der Waals surface area contributed by atoms with E-state index in [1.165, 1.54) is 11.7 Å². The zero-order valence-corrected chi connectivity index (χ0v) is 36.7. The second-order valence-corrected chi connectivity index (χ2v) is 15.0. The third kappa shape index (κ3) is 89.6. The summed E-state index contributed by atoms with van der Waals surface area (Å²) in [6.07, 6.45) is 13.7. The first kappa shape index (κ1) is 67.0. The maximum atomic E-state index is 4.18. The number of nitrogens with zero attached hydrogens (tertiary/aromatic N) is 5. The highest BCUT2D eigenvalue weighted by atomic mass is 14.8. The van der Waals surface area contributed by atoms with E-state index in [0.717, 1.165) is 35.1 Å². The Kier molecular flexibility index (Phi) is 65.3. The van der Waals surface area contributed by atoms with Crippen molar-refractivity contribution >= 4 is 10.9 Å². The van der Waals surface area contributed by atoms with E-state index in [9.17, 15) is 0 Å². The fraction of sp³-hybridized carbons (Fsp3) is 0.442. The third-order valence-corrected chi connectivity index (χ3v) is 3.79. The van der Waals surface area contributed by atoms with Crippen molar-refractivity contribution in [3.63, 3.8) is 0 Å². The first-order valence-corrected chi connectivity index (χ1v) is 19.3. The first-order chi connectivity index (χ1) is 25.6. The van der Waals surface area contributed by atoms with Crippen LogP contribution in [0.15, 0.2) is 165 Å². The minimum atomic E-state index is 0. The Morgan fingerprint density at radius 3 is 0.754 bits per heavy atom. The molecule has 0 saturated heterocycles. The molecule has 0 spiro atoms. The Labute approximate surface area is 355 Å². The fourth-order valence-electron chi connectivity index (χ4n) is 2.28. The zero-order chi connectivity index (χ0) is 41.7. The highest BCUT2D eigenvalue weighted by molar-refractivity contribution is 5.77. The molecule has 6 rings (SSSR count). The molecule has 0 unspecified atom stereocenters. The molecule has 0 saturated carbocycles. The van der Waals surface area contributed by atoms with Crippen molar-refractivity contribution in [2.24, 2.45) is 29.6 Å². The van der Waals surface area contributed by atoms with Crippen LogP contribution in [0.3, 0.4) is 0 Å². The van der Waals surface area contributed by atoms with Crippen LogP contribution >= 0.6 is 0 Å². The van der Waals surface area contributed by atoms with Crippen molar-refractivity contribution in [1.29, 1.82) is 0 Å². The van der Waals surface area contributed by atoms with Gasteiger partial charge in [-0.1, -0.05) is 199 Å². The molecular weight excluding hydrogens is 695 g/mol. The quantitative estimate of drug-likeness (QED) is 0.153. The van der Waals surface area contributed by atoms with Crippen molar-refractivity contribution in [2.45, 2.75) is 126 Å². The number of aromatic nitrogens is 5. The van der Waals surface area contributed by atoms with Crippen molar-refractivity contribution in [3.8, 4) is 0 Å². The number of hydrogen-bond donors (Lipinski definition) is 0.